The van der Waals surface area contributed by atoms with Gasteiger partial charge in [-0.25, -0.2) is 0 Å². The Kier molecular flexibility index (Phi) is 4.89. The van der Waals surface area contributed by atoms with E-state index in [0.717, 1.165) is 17.1 Å². The largest absolute Gasteiger partial charge is 0.378 e. The van der Waals surface area contributed by atoms with Crippen LogP contribution in [0.5, 0.6) is 0 Å². The van der Waals surface area contributed by atoms with Gasteiger partial charge in [-0.2, -0.15) is 0 Å². The van der Waals surface area contributed by atoms with Gasteiger partial charge in [0.25, 0.3) is 0 Å². The van der Waals surface area contributed by atoms with E-state index >= 15 is 0 Å². The molecule has 0 spiro atoms. The number of nitrogens with one attached hydrogen (secondary N) is 1. The van der Waals surface area contributed by atoms with Crippen molar-refractivity contribution in [3.63, 3.8) is 0 Å². The Morgan fingerprint density at radius 2 is 1.67 bits per heavy atom. The molecule has 0 aromatic heterocycles. The Morgan fingerprint density at radius 1 is 1.06 bits per heavy atom. The molecule has 1 nitrogen and oxygen atoms in total. The highest BCUT2D eigenvalue weighted by Gasteiger charge is 2.08. The molecule has 0 aliphatic carbocycles. The van der Waals surface area contributed by atoms with Gasteiger partial charge in [-0.05, 0) is 71.0 Å². The highest BCUT2D eigenvalue weighted by atomic mass is 127. The van der Waals surface area contributed by atoms with Crippen molar-refractivity contribution in [2.45, 2.75) is 19.4 Å². The van der Waals surface area contributed by atoms with Gasteiger partial charge in [-0.15, -0.1) is 0 Å². The number of rotatable bonds is 4. The first-order valence-electron chi connectivity index (χ1n) is 5.96. The SMILES string of the molecule is CCC(Nc1ccc(I)cc1)c1ccc(Cl)cc1. The molecule has 0 bridgehead atoms. The summed E-state index contributed by atoms with van der Waals surface area (Å²) in [5.74, 6) is 0. The second kappa shape index (κ2) is 6.43. The van der Waals surface area contributed by atoms with Crippen molar-refractivity contribution in [2.24, 2.45) is 0 Å². The smallest absolute Gasteiger partial charge is 0.0511 e. The van der Waals surface area contributed by atoms with Crippen LogP contribution in [0.4, 0.5) is 5.69 Å². The Morgan fingerprint density at radius 3 is 2.22 bits per heavy atom. The lowest BCUT2D eigenvalue weighted by molar-refractivity contribution is 0.749. The summed E-state index contributed by atoms with van der Waals surface area (Å²) < 4.78 is 1.25. The van der Waals surface area contributed by atoms with E-state index in [0.29, 0.717) is 6.04 Å². The summed E-state index contributed by atoms with van der Waals surface area (Å²) in [6, 6.07) is 16.8. The van der Waals surface area contributed by atoms with E-state index in [2.05, 4.69) is 71.2 Å². The minimum Gasteiger partial charge on any atom is -0.378 e. The lowest BCUT2D eigenvalue weighted by Crippen LogP contribution is -2.09. The fourth-order valence-corrected chi connectivity index (χ4v) is 2.35. The van der Waals surface area contributed by atoms with Crippen LogP contribution >= 0.6 is 34.2 Å². The van der Waals surface area contributed by atoms with Crippen LogP contribution in [0.15, 0.2) is 48.5 Å². The van der Waals surface area contributed by atoms with Crippen LogP contribution in [-0.4, -0.2) is 0 Å². The van der Waals surface area contributed by atoms with Crippen LogP contribution in [0.1, 0.15) is 24.9 Å². The highest BCUT2D eigenvalue weighted by Crippen LogP contribution is 2.24. The minimum absolute atomic E-state index is 0.322. The highest BCUT2D eigenvalue weighted by molar-refractivity contribution is 14.1. The normalized spacial score (nSPS) is 12.2. The molecule has 0 saturated heterocycles. The first-order chi connectivity index (χ1) is 8.69. The lowest BCUT2D eigenvalue weighted by Gasteiger charge is -2.19. The van der Waals surface area contributed by atoms with Gasteiger partial charge in [0.2, 0.25) is 0 Å². The van der Waals surface area contributed by atoms with Gasteiger partial charge in [0.1, 0.15) is 0 Å². The molecule has 0 amide bonds. The number of benzene rings is 2. The molecule has 2 aromatic rings. The molecule has 0 aliphatic rings. The molecule has 1 unspecified atom stereocenters. The van der Waals surface area contributed by atoms with Crippen LogP contribution in [0.3, 0.4) is 0 Å². The van der Waals surface area contributed by atoms with Gasteiger partial charge in [0, 0.05) is 14.3 Å². The molecule has 2 rings (SSSR count). The van der Waals surface area contributed by atoms with Crippen molar-refractivity contribution in [3.05, 3.63) is 62.7 Å². The third-order valence-electron chi connectivity index (χ3n) is 2.87. The van der Waals surface area contributed by atoms with Gasteiger partial charge in [-0.3, -0.25) is 0 Å². The van der Waals surface area contributed by atoms with Gasteiger partial charge in [-0.1, -0.05) is 30.7 Å². The van der Waals surface area contributed by atoms with Crippen LogP contribution in [0.25, 0.3) is 0 Å². The van der Waals surface area contributed by atoms with Gasteiger partial charge in [0.05, 0.1) is 6.04 Å². The van der Waals surface area contributed by atoms with Crippen LogP contribution in [-0.2, 0) is 0 Å². The summed E-state index contributed by atoms with van der Waals surface area (Å²) in [5.41, 5.74) is 2.41. The molecular weight excluding hydrogens is 357 g/mol. The zero-order valence-electron chi connectivity index (χ0n) is 10.2. The maximum Gasteiger partial charge on any atom is 0.0511 e. The third kappa shape index (κ3) is 3.62. The van der Waals surface area contributed by atoms with Crippen molar-refractivity contribution in [1.29, 1.82) is 0 Å². The van der Waals surface area contributed by atoms with Crippen molar-refractivity contribution in [3.8, 4) is 0 Å². The molecule has 0 saturated carbocycles. The molecule has 0 heterocycles. The van der Waals surface area contributed by atoms with E-state index in [1.165, 1.54) is 9.13 Å². The Labute approximate surface area is 127 Å². The average Bonchev–Trinajstić information content (AvgIpc) is 2.39. The van der Waals surface area contributed by atoms with E-state index in [4.69, 9.17) is 11.6 Å². The van der Waals surface area contributed by atoms with E-state index in [1.54, 1.807) is 0 Å². The fraction of sp³-hybridized carbons (Fsp3) is 0.200. The van der Waals surface area contributed by atoms with Gasteiger partial charge >= 0.3 is 0 Å². The molecule has 1 N–H and O–H groups in total. The Bertz CT molecular complexity index is 493. The average molecular weight is 372 g/mol. The zero-order chi connectivity index (χ0) is 13.0. The van der Waals surface area contributed by atoms with E-state index in [1.807, 2.05) is 12.1 Å². The monoisotopic (exact) mass is 371 g/mol. The number of hydrogen-bond donors (Lipinski definition) is 1. The topological polar surface area (TPSA) is 12.0 Å². The molecular formula is C15H15ClIN. The van der Waals surface area contributed by atoms with E-state index in [-0.39, 0.29) is 0 Å². The summed E-state index contributed by atoms with van der Waals surface area (Å²) >= 11 is 8.23. The molecule has 3 heteroatoms. The summed E-state index contributed by atoms with van der Waals surface area (Å²) in [6.07, 6.45) is 1.04. The van der Waals surface area contributed by atoms with Crippen molar-refractivity contribution >= 4 is 39.9 Å². The molecule has 0 radical (unpaired) electrons. The number of hydrogen-bond acceptors (Lipinski definition) is 1. The summed E-state index contributed by atoms with van der Waals surface area (Å²) in [6.45, 7) is 2.18. The van der Waals surface area contributed by atoms with Gasteiger partial charge < -0.3 is 5.32 Å². The number of halogens is 2. The number of anilines is 1. The van der Waals surface area contributed by atoms with Crippen LogP contribution in [0.2, 0.25) is 5.02 Å². The molecule has 0 fully saturated rings. The van der Waals surface area contributed by atoms with Crippen molar-refractivity contribution in [2.75, 3.05) is 5.32 Å². The molecule has 1 atom stereocenters. The third-order valence-corrected chi connectivity index (χ3v) is 3.84. The fourth-order valence-electron chi connectivity index (χ4n) is 1.86. The molecule has 18 heavy (non-hydrogen) atoms. The summed E-state index contributed by atoms with van der Waals surface area (Å²) in [4.78, 5) is 0. The predicted octanol–water partition coefficient (Wildman–Crippen LogP) is 5.51. The summed E-state index contributed by atoms with van der Waals surface area (Å²) in [7, 11) is 0. The quantitative estimate of drug-likeness (QED) is 0.699. The first-order valence-corrected chi connectivity index (χ1v) is 7.42. The molecule has 0 aliphatic heterocycles. The summed E-state index contributed by atoms with van der Waals surface area (Å²) in [5, 5.41) is 4.33. The van der Waals surface area contributed by atoms with Crippen LogP contribution in [0, 0.1) is 3.57 Å². The maximum absolute atomic E-state index is 5.92. The van der Waals surface area contributed by atoms with Gasteiger partial charge in [0.15, 0.2) is 0 Å². The first kappa shape index (κ1) is 13.7. The van der Waals surface area contributed by atoms with Crippen LogP contribution < -0.4 is 5.32 Å². The van der Waals surface area contributed by atoms with E-state index < -0.39 is 0 Å². The maximum atomic E-state index is 5.92. The zero-order valence-corrected chi connectivity index (χ0v) is 13.1. The molecule has 2 aromatic carbocycles. The Balaban J connectivity index is 2.14. The van der Waals surface area contributed by atoms with Crippen molar-refractivity contribution in [1.82, 2.24) is 0 Å². The standard InChI is InChI=1S/C15H15ClIN/c1-2-15(11-3-5-12(16)6-4-11)18-14-9-7-13(17)8-10-14/h3-10,15,18H,2H2,1H3. The Hall–Kier alpha value is -0.740. The second-order valence-electron chi connectivity index (χ2n) is 4.16. The predicted molar refractivity (Wildman–Crippen MR) is 87.3 cm³/mol. The van der Waals surface area contributed by atoms with E-state index in [9.17, 15) is 0 Å². The second-order valence-corrected chi connectivity index (χ2v) is 5.85. The minimum atomic E-state index is 0.322. The van der Waals surface area contributed by atoms with Crippen molar-refractivity contribution < 1.29 is 0 Å². The lowest BCUT2D eigenvalue weighted by atomic mass is 10.0. The molecule has 94 valence electrons.